The first-order valence-corrected chi connectivity index (χ1v) is 3.17. The molecule has 0 aromatic heterocycles. The van der Waals surface area contributed by atoms with Crippen LogP contribution in [0, 0.1) is 12.8 Å². The molecule has 0 saturated heterocycles. The van der Waals surface area contributed by atoms with Crippen LogP contribution in [0.4, 0.5) is 0 Å². The molecule has 1 unspecified atom stereocenters. The van der Waals surface area contributed by atoms with E-state index >= 15 is 0 Å². The largest absolute Gasteiger partial charge is 0.0828 e. The average molecular weight is 111 g/mol. The molecule has 0 aliphatic rings. The second kappa shape index (κ2) is 3.71. The number of hydrogen-bond donors (Lipinski definition) is 0. The summed E-state index contributed by atoms with van der Waals surface area (Å²) in [5.41, 5.74) is 1.18. The van der Waals surface area contributed by atoms with E-state index in [-0.39, 0.29) is 0 Å². The Morgan fingerprint density at radius 1 is 1.75 bits per heavy atom. The first-order chi connectivity index (χ1) is 3.66. The van der Waals surface area contributed by atoms with Gasteiger partial charge in [0.15, 0.2) is 0 Å². The Labute approximate surface area is 52.6 Å². The highest BCUT2D eigenvalue weighted by Crippen LogP contribution is 2.04. The third-order valence-electron chi connectivity index (χ3n) is 1.21. The van der Waals surface area contributed by atoms with Crippen LogP contribution in [-0.4, -0.2) is 0 Å². The monoisotopic (exact) mass is 111 g/mol. The lowest BCUT2D eigenvalue weighted by molar-refractivity contribution is 0.694. The maximum absolute atomic E-state index is 3.79. The van der Waals surface area contributed by atoms with Crippen molar-refractivity contribution >= 4 is 0 Å². The SMILES string of the molecule is [CH2]/C(C)=C/C(C)CC. The van der Waals surface area contributed by atoms with Crippen molar-refractivity contribution < 1.29 is 0 Å². The van der Waals surface area contributed by atoms with Gasteiger partial charge in [-0.25, -0.2) is 0 Å². The van der Waals surface area contributed by atoms with Crippen LogP contribution >= 0.6 is 0 Å². The van der Waals surface area contributed by atoms with Crippen molar-refractivity contribution in [3.05, 3.63) is 18.6 Å². The average Bonchev–Trinajstić information content (AvgIpc) is 1.65. The second-order valence-electron chi connectivity index (χ2n) is 2.40. The zero-order valence-corrected chi connectivity index (χ0v) is 6.07. The summed E-state index contributed by atoms with van der Waals surface area (Å²) in [7, 11) is 0. The third kappa shape index (κ3) is 3.91. The molecule has 0 N–H and O–H groups in total. The fourth-order valence-corrected chi connectivity index (χ4v) is 0.604. The highest BCUT2D eigenvalue weighted by molar-refractivity contribution is 5.02. The van der Waals surface area contributed by atoms with E-state index in [1.54, 1.807) is 0 Å². The molecule has 0 fully saturated rings. The van der Waals surface area contributed by atoms with Gasteiger partial charge in [0.25, 0.3) is 0 Å². The van der Waals surface area contributed by atoms with Gasteiger partial charge < -0.3 is 0 Å². The molecule has 0 spiro atoms. The van der Waals surface area contributed by atoms with Crippen molar-refractivity contribution in [2.45, 2.75) is 27.2 Å². The molecule has 0 heterocycles. The highest BCUT2D eigenvalue weighted by atomic mass is 14.0. The molecule has 0 aromatic rings. The normalized spacial score (nSPS) is 16.2. The van der Waals surface area contributed by atoms with Gasteiger partial charge >= 0.3 is 0 Å². The van der Waals surface area contributed by atoms with Crippen LogP contribution in [-0.2, 0) is 0 Å². The molecule has 0 aromatic carbocycles. The summed E-state index contributed by atoms with van der Waals surface area (Å²) in [4.78, 5) is 0. The van der Waals surface area contributed by atoms with Crippen molar-refractivity contribution in [1.29, 1.82) is 0 Å². The molecule has 0 aliphatic heterocycles. The molecule has 1 atom stereocenters. The topological polar surface area (TPSA) is 0 Å². The molecule has 47 valence electrons. The van der Waals surface area contributed by atoms with Crippen LogP contribution in [0.1, 0.15) is 27.2 Å². The summed E-state index contributed by atoms with van der Waals surface area (Å²) in [6.07, 6.45) is 3.41. The first-order valence-electron chi connectivity index (χ1n) is 3.17. The molecule has 0 nitrogen and oxygen atoms in total. The van der Waals surface area contributed by atoms with E-state index in [2.05, 4.69) is 26.8 Å². The van der Waals surface area contributed by atoms with Gasteiger partial charge in [0.1, 0.15) is 0 Å². The molecule has 8 heavy (non-hydrogen) atoms. The van der Waals surface area contributed by atoms with Gasteiger partial charge in [0.2, 0.25) is 0 Å². The Bertz CT molecular complexity index is 76.0. The summed E-state index contributed by atoms with van der Waals surface area (Å²) >= 11 is 0. The molecule has 0 bridgehead atoms. The number of allylic oxidation sites excluding steroid dienone is 2. The predicted octanol–water partition coefficient (Wildman–Crippen LogP) is 2.81. The lowest BCUT2D eigenvalue weighted by Crippen LogP contribution is -1.84. The molecule has 0 saturated carbocycles. The molecule has 0 aliphatic carbocycles. The molecular formula is C8H15. The van der Waals surface area contributed by atoms with Crippen LogP contribution in [0.3, 0.4) is 0 Å². The maximum Gasteiger partial charge on any atom is -0.0262 e. The zero-order valence-electron chi connectivity index (χ0n) is 6.07. The van der Waals surface area contributed by atoms with Crippen molar-refractivity contribution in [1.82, 2.24) is 0 Å². The third-order valence-corrected chi connectivity index (χ3v) is 1.21. The first kappa shape index (κ1) is 7.74. The van der Waals surface area contributed by atoms with E-state index < -0.39 is 0 Å². The summed E-state index contributed by atoms with van der Waals surface area (Å²) in [5.74, 6) is 0.701. The standard InChI is InChI=1S/C8H15/c1-5-8(4)6-7(2)3/h6,8H,2,5H2,1,3-4H3/b7-6-. The van der Waals surface area contributed by atoms with E-state index in [9.17, 15) is 0 Å². The van der Waals surface area contributed by atoms with Crippen LogP contribution in [0.2, 0.25) is 0 Å². The van der Waals surface area contributed by atoms with Gasteiger partial charge in [-0.1, -0.05) is 31.9 Å². The van der Waals surface area contributed by atoms with Crippen molar-refractivity contribution in [3.63, 3.8) is 0 Å². The van der Waals surface area contributed by atoms with Gasteiger partial charge in [-0.3, -0.25) is 0 Å². The Morgan fingerprint density at radius 3 is 2.38 bits per heavy atom. The van der Waals surface area contributed by atoms with Crippen LogP contribution in [0.25, 0.3) is 0 Å². The van der Waals surface area contributed by atoms with E-state index in [0.29, 0.717) is 5.92 Å². The smallest absolute Gasteiger partial charge is 0.0262 e. The summed E-state index contributed by atoms with van der Waals surface area (Å²) in [5, 5.41) is 0. The zero-order chi connectivity index (χ0) is 6.57. The van der Waals surface area contributed by atoms with Gasteiger partial charge in [0.05, 0.1) is 0 Å². The van der Waals surface area contributed by atoms with Crippen molar-refractivity contribution in [2.75, 3.05) is 0 Å². The van der Waals surface area contributed by atoms with Crippen molar-refractivity contribution in [3.8, 4) is 0 Å². The number of hydrogen-bond acceptors (Lipinski definition) is 0. The van der Waals surface area contributed by atoms with Gasteiger partial charge in [-0.15, -0.1) is 0 Å². The molecule has 0 rings (SSSR count). The van der Waals surface area contributed by atoms with E-state index in [0.717, 1.165) is 0 Å². The van der Waals surface area contributed by atoms with Gasteiger partial charge in [-0.2, -0.15) is 0 Å². The summed E-state index contributed by atoms with van der Waals surface area (Å²) in [6, 6.07) is 0. The minimum Gasteiger partial charge on any atom is -0.0828 e. The maximum atomic E-state index is 3.79. The van der Waals surface area contributed by atoms with E-state index in [1.807, 2.05) is 6.92 Å². The Morgan fingerprint density at radius 2 is 2.25 bits per heavy atom. The lowest BCUT2D eigenvalue weighted by Gasteiger charge is -1.99. The fourth-order valence-electron chi connectivity index (χ4n) is 0.604. The van der Waals surface area contributed by atoms with E-state index in [4.69, 9.17) is 0 Å². The Kier molecular flexibility index (Phi) is 3.59. The molecule has 0 amide bonds. The molecule has 1 radical (unpaired) electrons. The van der Waals surface area contributed by atoms with Gasteiger partial charge in [-0.05, 0) is 19.8 Å². The lowest BCUT2D eigenvalue weighted by atomic mass is 10.1. The highest BCUT2D eigenvalue weighted by Gasteiger charge is 1.89. The summed E-state index contributed by atoms with van der Waals surface area (Å²) in [6.45, 7) is 10.2. The van der Waals surface area contributed by atoms with Gasteiger partial charge in [0, 0.05) is 0 Å². The Hall–Kier alpha value is -0.260. The van der Waals surface area contributed by atoms with Crippen LogP contribution < -0.4 is 0 Å². The van der Waals surface area contributed by atoms with Crippen LogP contribution in [0.15, 0.2) is 11.6 Å². The minimum atomic E-state index is 0.701. The molecular weight excluding hydrogens is 96.1 g/mol. The fraction of sp³-hybridized carbons (Fsp3) is 0.625. The minimum absolute atomic E-state index is 0.701. The molecule has 0 heteroatoms. The predicted molar refractivity (Wildman–Crippen MR) is 38.6 cm³/mol. The van der Waals surface area contributed by atoms with Crippen molar-refractivity contribution in [2.24, 2.45) is 5.92 Å². The Balaban J connectivity index is 3.51. The van der Waals surface area contributed by atoms with E-state index in [1.165, 1.54) is 12.0 Å². The second-order valence-corrected chi connectivity index (χ2v) is 2.40. The quantitative estimate of drug-likeness (QED) is 0.514. The number of rotatable bonds is 2. The summed E-state index contributed by atoms with van der Waals surface area (Å²) < 4.78 is 0. The van der Waals surface area contributed by atoms with Crippen LogP contribution in [0.5, 0.6) is 0 Å².